The van der Waals surface area contributed by atoms with Gasteiger partial charge in [0.15, 0.2) is 0 Å². The Morgan fingerprint density at radius 3 is 1.60 bits per heavy atom. The summed E-state index contributed by atoms with van der Waals surface area (Å²) in [5.74, 6) is -0.686. The van der Waals surface area contributed by atoms with Crippen LogP contribution in [0.5, 0.6) is 0 Å². The number of ketones is 1. The van der Waals surface area contributed by atoms with Crippen LogP contribution in [0.25, 0.3) is 0 Å². The third-order valence-electron chi connectivity index (χ3n) is 2.51. The minimum atomic E-state index is -0.871. The molecule has 0 spiro atoms. The van der Waals surface area contributed by atoms with Crippen molar-refractivity contribution < 1.29 is 28.9 Å². The first-order valence-electron chi connectivity index (χ1n) is 6.82. The summed E-state index contributed by atoms with van der Waals surface area (Å²) in [6.45, 7) is 7.94. The van der Waals surface area contributed by atoms with Crippen molar-refractivity contribution in [2.75, 3.05) is 39.6 Å². The number of ether oxygens (including phenoxy) is 3. The minimum absolute atomic E-state index is 0.00488. The minimum Gasteiger partial charge on any atom is -0.481 e. The molecule has 0 atom stereocenters. The SMILES string of the molecule is CC(C)(C)C(=O)CCOCCOCCOCCC(=O)O. The highest BCUT2D eigenvalue weighted by Crippen LogP contribution is 2.16. The van der Waals surface area contributed by atoms with Crippen molar-refractivity contribution in [2.45, 2.75) is 33.6 Å². The van der Waals surface area contributed by atoms with E-state index in [1.54, 1.807) is 0 Å². The smallest absolute Gasteiger partial charge is 0.305 e. The summed E-state index contributed by atoms with van der Waals surface area (Å²) < 4.78 is 15.6. The maximum atomic E-state index is 11.6. The van der Waals surface area contributed by atoms with Crippen LogP contribution in [0.1, 0.15) is 33.6 Å². The van der Waals surface area contributed by atoms with Crippen LogP contribution in [-0.4, -0.2) is 56.5 Å². The van der Waals surface area contributed by atoms with Crippen LogP contribution < -0.4 is 0 Å². The number of carboxylic acids is 1. The van der Waals surface area contributed by atoms with E-state index < -0.39 is 5.97 Å². The summed E-state index contributed by atoms with van der Waals surface area (Å²) in [5.41, 5.74) is -0.312. The van der Waals surface area contributed by atoms with Gasteiger partial charge in [0.25, 0.3) is 0 Å². The molecule has 0 amide bonds. The molecule has 20 heavy (non-hydrogen) atoms. The fourth-order valence-electron chi connectivity index (χ4n) is 1.24. The molecular formula is C14H26O6. The lowest BCUT2D eigenvalue weighted by atomic mass is 9.89. The average molecular weight is 290 g/mol. The molecule has 0 aliphatic carbocycles. The zero-order valence-corrected chi connectivity index (χ0v) is 12.6. The lowest BCUT2D eigenvalue weighted by Crippen LogP contribution is -2.21. The fraction of sp³-hybridized carbons (Fsp3) is 0.857. The molecule has 0 bridgehead atoms. The number of carbonyl (C=O) groups excluding carboxylic acids is 1. The molecule has 0 aliphatic heterocycles. The van der Waals surface area contributed by atoms with Gasteiger partial charge >= 0.3 is 5.97 Å². The van der Waals surface area contributed by atoms with Crippen LogP contribution in [0.4, 0.5) is 0 Å². The van der Waals surface area contributed by atoms with E-state index in [1.807, 2.05) is 20.8 Å². The van der Waals surface area contributed by atoms with E-state index in [0.29, 0.717) is 39.5 Å². The molecule has 0 unspecified atom stereocenters. The zero-order valence-electron chi connectivity index (χ0n) is 12.6. The predicted octanol–water partition coefficient (Wildman–Crippen LogP) is 1.52. The van der Waals surface area contributed by atoms with Crippen molar-refractivity contribution in [3.05, 3.63) is 0 Å². The van der Waals surface area contributed by atoms with Gasteiger partial charge in [0.05, 0.1) is 46.1 Å². The van der Waals surface area contributed by atoms with E-state index in [0.717, 1.165) is 0 Å². The molecule has 0 aromatic carbocycles. The maximum absolute atomic E-state index is 11.6. The molecular weight excluding hydrogens is 264 g/mol. The second-order valence-corrected chi connectivity index (χ2v) is 5.40. The van der Waals surface area contributed by atoms with Crippen LogP contribution in [0.15, 0.2) is 0 Å². The first kappa shape index (κ1) is 19.0. The average Bonchev–Trinajstić information content (AvgIpc) is 2.34. The van der Waals surface area contributed by atoms with E-state index in [1.165, 1.54) is 0 Å². The third kappa shape index (κ3) is 12.1. The van der Waals surface area contributed by atoms with Crippen molar-refractivity contribution >= 4 is 11.8 Å². The van der Waals surface area contributed by atoms with Gasteiger partial charge in [-0.25, -0.2) is 0 Å². The second kappa shape index (κ2) is 10.8. The normalized spacial score (nSPS) is 11.6. The molecule has 0 aliphatic rings. The summed E-state index contributed by atoms with van der Waals surface area (Å²) in [7, 11) is 0. The van der Waals surface area contributed by atoms with Crippen molar-refractivity contribution in [3.8, 4) is 0 Å². The molecule has 0 heterocycles. The summed E-state index contributed by atoms with van der Waals surface area (Å²) in [6, 6.07) is 0. The monoisotopic (exact) mass is 290 g/mol. The Morgan fingerprint density at radius 2 is 1.20 bits per heavy atom. The van der Waals surface area contributed by atoms with Crippen molar-refractivity contribution in [3.63, 3.8) is 0 Å². The molecule has 6 nitrogen and oxygen atoms in total. The van der Waals surface area contributed by atoms with Crippen molar-refractivity contribution in [2.24, 2.45) is 5.41 Å². The summed E-state index contributed by atoms with van der Waals surface area (Å²) in [4.78, 5) is 21.8. The lowest BCUT2D eigenvalue weighted by Gasteiger charge is -2.16. The quantitative estimate of drug-likeness (QED) is 0.549. The molecule has 0 saturated carbocycles. The highest BCUT2D eigenvalue weighted by atomic mass is 16.5. The van der Waals surface area contributed by atoms with E-state index in [4.69, 9.17) is 19.3 Å². The molecule has 0 radical (unpaired) electrons. The van der Waals surface area contributed by atoms with Gasteiger partial charge in [0.1, 0.15) is 5.78 Å². The molecule has 6 heteroatoms. The first-order valence-corrected chi connectivity index (χ1v) is 6.82. The van der Waals surface area contributed by atoms with Gasteiger partial charge in [-0.2, -0.15) is 0 Å². The standard InChI is InChI=1S/C14H26O6/c1-14(2,3)12(15)4-6-18-8-10-20-11-9-19-7-5-13(16)17/h4-11H2,1-3H3,(H,16,17). The van der Waals surface area contributed by atoms with Gasteiger partial charge in [0.2, 0.25) is 0 Å². The largest absolute Gasteiger partial charge is 0.481 e. The summed E-state index contributed by atoms with van der Waals surface area (Å²) >= 11 is 0. The Hall–Kier alpha value is -0.980. The van der Waals surface area contributed by atoms with E-state index in [2.05, 4.69) is 0 Å². The molecule has 0 rings (SSSR count). The molecule has 1 N–H and O–H groups in total. The van der Waals surface area contributed by atoms with Gasteiger partial charge in [-0.15, -0.1) is 0 Å². The maximum Gasteiger partial charge on any atom is 0.305 e. The summed E-state index contributed by atoms with van der Waals surface area (Å²) in [6.07, 6.45) is 0.423. The van der Waals surface area contributed by atoms with Crippen molar-refractivity contribution in [1.29, 1.82) is 0 Å². The Kier molecular flexibility index (Phi) is 10.2. The molecule has 0 saturated heterocycles. The van der Waals surface area contributed by atoms with Gasteiger partial charge in [-0.3, -0.25) is 9.59 Å². The predicted molar refractivity (Wildman–Crippen MR) is 73.8 cm³/mol. The highest BCUT2D eigenvalue weighted by Gasteiger charge is 2.20. The zero-order chi connectivity index (χ0) is 15.4. The number of hydrogen-bond donors (Lipinski definition) is 1. The van der Waals surface area contributed by atoms with E-state index >= 15 is 0 Å². The Bertz CT molecular complexity index is 282. The van der Waals surface area contributed by atoms with Crippen LogP contribution in [0.2, 0.25) is 0 Å². The first-order chi connectivity index (χ1) is 9.34. The van der Waals surface area contributed by atoms with Crippen molar-refractivity contribution in [1.82, 2.24) is 0 Å². The molecule has 0 aromatic heterocycles. The number of hydrogen-bond acceptors (Lipinski definition) is 5. The Balaban J connectivity index is 3.21. The Morgan fingerprint density at radius 1 is 0.800 bits per heavy atom. The highest BCUT2D eigenvalue weighted by molar-refractivity contribution is 5.83. The number of aliphatic carboxylic acids is 1. The number of carboxylic acid groups (broad SMARTS) is 1. The third-order valence-corrected chi connectivity index (χ3v) is 2.51. The second-order valence-electron chi connectivity index (χ2n) is 5.40. The fourth-order valence-corrected chi connectivity index (χ4v) is 1.24. The van der Waals surface area contributed by atoms with Gasteiger partial charge in [-0.05, 0) is 0 Å². The molecule has 0 aromatic rings. The molecule has 118 valence electrons. The van der Waals surface area contributed by atoms with Gasteiger partial charge in [0, 0.05) is 11.8 Å². The number of rotatable bonds is 12. The van der Waals surface area contributed by atoms with E-state index in [-0.39, 0.29) is 24.2 Å². The Labute approximate surface area is 120 Å². The molecule has 0 fully saturated rings. The van der Waals surface area contributed by atoms with Crippen LogP contribution in [-0.2, 0) is 23.8 Å². The van der Waals surface area contributed by atoms with Crippen LogP contribution in [0, 0.1) is 5.41 Å². The van der Waals surface area contributed by atoms with E-state index in [9.17, 15) is 9.59 Å². The number of Topliss-reactive ketones (excluding diaryl/α,β-unsaturated/α-hetero) is 1. The van der Waals surface area contributed by atoms with Crippen LogP contribution in [0.3, 0.4) is 0 Å². The van der Waals surface area contributed by atoms with Gasteiger partial charge in [-0.1, -0.05) is 20.8 Å². The lowest BCUT2D eigenvalue weighted by molar-refractivity contribution is -0.138. The van der Waals surface area contributed by atoms with Crippen LogP contribution >= 0.6 is 0 Å². The topological polar surface area (TPSA) is 82.1 Å². The van der Waals surface area contributed by atoms with Gasteiger partial charge < -0.3 is 19.3 Å². The summed E-state index contributed by atoms with van der Waals surface area (Å²) in [5, 5.41) is 8.37. The number of carbonyl (C=O) groups is 2.